The van der Waals surface area contributed by atoms with E-state index in [0.717, 1.165) is 46.4 Å². The van der Waals surface area contributed by atoms with Crippen LogP contribution in [0.1, 0.15) is 77.2 Å². The molecule has 4 unspecified atom stereocenters. The summed E-state index contributed by atoms with van der Waals surface area (Å²) in [7, 11) is 1.49. The summed E-state index contributed by atoms with van der Waals surface area (Å²) in [6, 6.07) is 18.4. The summed E-state index contributed by atoms with van der Waals surface area (Å²) in [6.45, 7) is 5.11. The number of alkyl halides is 1. The molecular formula is C44H48ClN3O9. The monoisotopic (exact) mass is 797 g/mol. The Hall–Kier alpha value is -4.88. The number of amides is 3. The number of hydrogen-bond donors (Lipinski definition) is 1. The first-order chi connectivity index (χ1) is 27.8. The fourth-order valence-electron chi connectivity index (χ4n) is 8.85. The van der Waals surface area contributed by atoms with Crippen LogP contribution in [0.5, 0.6) is 11.5 Å². The minimum atomic E-state index is -0.968. The van der Waals surface area contributed by atoms with E-state index in [2.05, 4.69) is 6.58 Å². The van der Waals surface area contributed by atoms with E-state index in [9.17, 15) is 19.5 Å². The predicted octanol–water partition coefficient (Wildman–Crippen LogP) is 6.98. The van der Waals surface area contributed by atoms with Crippen molar-refractivity contribution >= 4 is 40.8 Å². The van der Waals surface area contributed by atoms with Gasteiger partial charge >= 0.3 is 6.09 Å². The second kappa shape index (κ2) is 16.9. The third-order valence-corrected chi connectivity index (χ3v) is 12.0. The lowest BCUT2D eigenvalue weighted by Crippen LogP contribution is -2.58. The molecular weight excluding hydrogens is 750 g/mol. The number of hydrogen-bond acceptors (Lipinski definition) is 9. The van der Waals surface area contributed by atoms with Crippen molar-refractivity contribution in [1.29, 1.82) is 0 Å². The van der Waals surface area contributed by atoms with Crippen LogP contribution in [0.15, 0.2) is 79.0 Å². The van der Waals surface area contributed by atoms with Crippen molar-refractivity contribution in [2.45, 2.75) is 76.2 Å². The first-order valence-corrected chi connectivity index (χ1v) is 20.3. The number of anilines is 1. The SMILES string of the molecule is C=CCOC(=O)N1c2cc(OCCCC(=O)N3C[C@@H](CCl)C4=C3CC(O)c3ccccc34)c(OC)cc2C(=O)N2Cc3ccccc3CC2C1OC1CCCCO1. The van der Waals surface area contributed by atoms with Gasteiger partial charge in [0.2, 0.25) is 5.91 Å². The Morgan fingerprint density at radius 3 is 2.61 bits per heavy atom. The first-order valence-electron chi connectivity index (χ1n) is 19.7. The van der Waals surface area contributed by atoms with Crippen LogP contribution in [-0.4, -0.2) is 90.7 Å². The van der Waals surface area contributed by atoms with Gasteiger partial charge in [0.1, 0.15) is 6.61 Å². The molecule has 0 aromatic heterocycles. The first kappa shape index (κ1) is 39.0. The number of aliphatic hydroxyl groups excluding tert-OH is 1. The molecule has 1 saturated heterocycles. The Morgan fingerprint density at radius 2 is 1.84 bits per heavy atom. The number of fused-ring (bicyclic) bond motifs is 5. The quantitative estimate of drug-likeness (QED) is 0.124. The summed E-state index contributed by atoms with van der Waals surface area (Å²) >= 11 is 6.42. The van der Waals surface area contributed by atoms with E-state index in [4.69, 9.17) is 35.3 Å². The van der Waals surface area contributed by atoms with Crippen molar-refractivity contribution in [3.8, 4) is 11.5 Å². The number of nitrogens with zero attached hydrogens (tertiary/aromatic N) is 3. The van der Waals surface area contributed by atoms with Crippen LogP contribution in [-0.2, 0) is 32.0 Å². The molecule has 0 saturated carbocycles. The van der Waals surface area contributed by atoms with E-state index in [0.29, 0.717) is 57.0 Å². The summed E-state index contributed by atoms with van der Waals surface area (Å²) in [6.07, 6.45) is 2.32. The number of carbonyl (C=O) groups is 3. The van der Waals surface area contributed by atoms with Crippen molar-refractivity contribution in [1.82, 2.24) is 9.80 Å². The molecule has 0 spiro atoms. The highest BCUT2D eigenvalue weighted by Gasteiger charge is 2.48. The molecule has 300 valence electrons. The van der Waals surface area contributed by atoms with Crippen molar-refractivity contribution in [3.05, 3.63) is 107 Å². The Labute approximate surface area is 337 Å². The number of halogens is 1. The summed E-state index contributed by atoms with van der Waals surface area (Å²) in [5.41, 5.74) is 6.24. The van der Waals surface area contributed by atoms with Crippen LogP contribution in [0.4, 0.5) is 10.5 Å². The minimum absolute atomic E-state index is 0.0324. The van der Waals surface area contributed by atoms with Gasteiger partial charge in [0.25, 0.3) is 5.91 Å². The highest BCUT2D eigenvalue weighted by molar-refractivity contribution is 6.19. The highest BCUT2D eigenvalue weighted by Crippen LogP contribution is 2.47. The second-order valence-corrected chi connectivity index (χ2v) is 15.3. The number of rotatable bonds is 11. The van der Waals surface area contributed by atoms with E-state index in [1.807, 2.05) is 48.5 Å². The summed E-state index contributed by atoms with van der Waals surface area (Å²) in [5.74, 6) is 0.542. The molecule has 3 amide bonds. The van der Waals surface area contributed by atoms with E-state index in [1.54, 1.807) is 21.9 Å². The zero-order chi connectivity index (χ0) is 39.6. The van der Waals surface area contributed by atoms with Crippen LogP contribution >= 0.6 is 11.6 Å². The third kappa shape index (κ3) is 7.51. The summed E-state index contributed by atoms with van der Waals surface area (Å²) in [5, 5.41) is 11.0. The van der Waals surface area contributed by atoms with Gasteiger partial charge in [-0.25, -0.2) is 9.69 Å². The minimum Gasteiger partial charge on any atom is -0.493 e. The van der Waals surface area contributed by atoms with Crippen molar-refractivity contribution < 1.29 is 43.2 Å². The summed E-state index contributed by atoms with van der Waals surface area (Å²) in [4.78, 5) is 47.5. The molecule has 4 heterocycles. The number of methoxy groups -OCH3 is 1. The zero-order valence-electron chi connectivity index (χ0n) is 32.1. The van der Waals surface area contributed by atoms with Crippen LogP contribution < -0.4 is 14.4 Å². The van der Waals surface area contributed by atoms with E-state index in [-0.39, 0.29) is 54.4 Å². The van der Waals surface area contributed by atoms with Gasteiger partial charge in [0.05, 0.1) is 37.1 Å². The lowest BCUT2D eigenvalue weighted by Gasteiger charge is -2.43. The fraction of sp³-hybridized carbons (Fsp3) is 0.432. The van der Waals surface area contributed by atoms with Crippen LogP contribution in [0.2, 0.25) is 0 Å². The van der Waals surface area contributed by atoms with Crippen molar-refractivity contribution in [3.63, 3.8) is 0 Å². The predicted molar refractivity (Wildman–Crippen MR) is 213 cm³/mol. The Balaban J connectivity index is 1.07. The molecule has 1 N–H and O–H groups in total. The van der Waals surface area contributed by atoms with E-state index < -0.39 is 30.8 Å². The maximum Gasteiger partial charge on any atom is 0.416 e. The lowest BCUT2D eigenvalue weighted by molar-refractivity contribution is -0.197. The van der Waals surface area contributed by atoms with Crippen LogP contribution in [0.25, 0.3) is 5.57 Å². The van der Waals surface area contributed by atoms with Gasteiger partial charge in [-0.2, -0.15) is 0 Å². The van der Waals surface area contributed by atoms with E-state index in [1.165, 1.54) is 18.1 Å². The van der Waals surface area contributed by atoms with Gasteiger partial charge in [-0.1, -0.05) is 61.2 Å². The topological polar surface area (TPSA) is 127 Å². The molecule has 5 atom stereocenters. The smallest absolute Gasteiger partial charge is 0.416 e. The van der Waals surface area contributed by atoms with Crippen LogP contribution in [0.3, 0.4) is 0 Å². The molecule has 12 nitrogen and oxygen atoms in total. The van der Waals surface area contributed by atoms with Gasteiger partial charge in [-0.15, -0.1) is 11.6 Å². The molecule has 5 aliphatic rings. The Morgan fingerprint density at radius 1 is 1.04 bits per heavy atom. The van der Waals surface area contributed by atoms with Gasteiger partial charge in [0, 0.05) is 56.1 Å². The van der Waals surface area contributed by atoms with Crippen molar-refractivity contribution in [2.24, 2.45) is 5.92 Å². The third-order valence-electron chi connectivity index (χ3n) is 11.6. The molecule has 57 heavy (non-hydrogen) atoms. The molecule has 8 rings (SSSR count). The van der Waals surface area contributed by atoms with Gasteiger partial charge < -0.3 is 38.6 Å². The van der Waals surface area contributed by atoms with Crippen LogP contribution in [0, 0.1) is 5.92 Å². The maximum absolute atomic E-state index is 14.7. The molecule has 3 aromatic carbocycles. The van der Waals surface area contributed by atoms with Gasteiger partial charge in [-0.05, 0) is 66.0 Å². The van der Waals surface area contributed by atoms with Crippen molar-refractivity contribution in [2.75, 3.05) is 44.3 Å². The maximum atomic E-state index is 14.7. The average molecular weight is 798 g/mol. The van der Waals surface area contributed by atoms with Gasteiger partial charge in [-0.3, -0.25) is 9.59 Å². The lowest BCUT2D eigenvalue weighted by atomic mass is 9.83. The van der Waals surface area contributed by atoms with Gasteiger partial charge in [0.15, 0.2) is 24.0 Å². The van der Waals surface area contributed by atoms with E-state index >= 15 is 0 Å². The molecule has 1 aliphatic carbocycles. The number of carbonyl (C=O) groups excluding carboxylic acids is 3. The number of benzene rings is 3. The highest BCUT2D eigenvalue weighted by atomic mass is 35.5. The molecule has 13 heteroatoms. The normalized spacial score (nSPS) is 23.7. The molecule has 0 bridgehead atoms. The fourth-order valence-corrected chi connectivity index (χ4v) is 9.10. The number of aliphatic hydroxyl groups is 1. The summed E-state index contributed by atoms with van der Waals surface area (Å²) < 4.78 is 30.5. The molecule has 1 fully saturated rings. The second-order valence-electron chi connectivity index (χ2n) is 15.0. The Kier molecular flexibility index (Phi) is 11.6. The largest absolute Gasteiger partial charge is 0.493 e. The molecule has 4 aliphatic heterocycles. The number of ether oxygens (including phenoxy) is 5. The average Bonchev–Trinajstić information content (AvgIpc) is 3.58. The zero-order valence-corrected chi connectivity index (χ0v) is 32.8. The standard InChI is InChI=1S/C44H48ClN3O9/c1-3-17-56-44(52)48-33-23-38(54-19-10-15-39(50)46-26-29(24-45)41-31-14-7-6-13-30(31)36(49)22-34(41)46)37(53-2)21-32(33)42(51)47-25-28-12-5-4-11-27(28)20-35(47)43(48)57-40-16-8-9-18-55-40/h3-7,11-14,21,23,29,35-36,40,43,49H,1,8-10,15-20,22,24-26H2,2H3/t29-,35?,36?,40?,43?/m1/s1. The molecule has 3 aromatic rings. The Bertz CT molecular complexity index is 2070. The molecule has 0 radical (unpaired) electrons.